The number of nitrogens with zero attached hydrogens (tertiary/aromatic N) is 2. The molecule has 6 heteroatoms. The van der Waals surface area contributed by atoms with Crippen LogP contribution in [0.3, 0.4) is 0 Å². The Bertz CT molecular complexity index is 546. The first-order valence-corrected chi connectivity index (χ1v) is 4.84. The fourth-order valence-electron chi connectivity index (χ4n) is 1.42. The topological polar surface area (TPSA) is 90.4 Å². The fourth-order valence-corrected chi connectivity index (χ4v) is 1.42. The molecule has 0 unspecified atom stereocenters. The Balaban J connectivity index is 2.39. The largest absolute Gasteiger partial charge is 0.497 e. The van der Waals surface area contributed by atoms with Crippen molar-refractivity contribution in [1.29, 1.82) is 0 Å². The predicted molar refractivity (Wildman–Crippen MR) is 61.5 cm³/mol. The molecule has 0 atom stereocenters. The van der Waals surface area contributed by atoms with Crippen LogP contribution in [0, 0.1) is 0 Å². The summed E-state index contributed by atoms with van der Waals surface area (Å²) in [4.78, 5) is 10.8. The zero-order valence-corrected chi connectivity index (χ0v) is 9.12. The number of aromatic carboxylic acids is 1. The molecular formula is C11H11N3O3. The Morgan fingerprint density at radius 3 is 2.53 bits per heavy atom. The first-order chi connectivity index (χ1) is 8.11. The fraction of sp³-hybridized carbons (Fsp3) is 0.0909. The molecule has 0 radical (unpaired) electrons. The smallest absolute Gasteiger partial charge is 0.341 e. The standard InChI is InChI=1S/C11H11N3O3/c1-17-8-4-2-7(3-5-8)14-6-9(11(15)16)10(12)13-14/h2-6H,1H3,(H2,12,13)(H,15,16). The number of hydrogen-bond donors (Lipinski definition) is 2. The third-order valence-electron chi connectivity index (χ3n) is 2.31. The molecule has 0 aliphatic rings. The molecule has 6 nitrogen and oxygen atoms in total. The van der Waals surface area contributed by atoms with Crippen LogP contribution in [-0.2, 0) is 0 Å². The summed E-state index contributed by atoms with van der Waals surface area (Å²) < 4.78 is 6.44. The minimum Gasteiger partial charge on any atom is -0.497 e. The van der Waals surface area contributed by atoms with Gasteiger partial charge in [-0.3, -0.25) is 0 Å². The molecule has 2 rings (SSSR count). The maximum atomic E-state index is 10.8. The molecule has 1 heterocycles. The van der Waals surface area contributed by atoms with E-state index in [0.717, 1.165) is 0 Å². The van der Waals surface area contributed by atoms with Crippen LogP contribution >= 0.6 is 0 Å². The molecule has 0 spiro atoms. The van der Waals surface area contributed by atoms with Crippen molar-refractivity contribution < 1.29 is 14.6 Å². The molecular weight excluding hydrogens is 222 g/mol. The second-order valence-corrected chi connectivity index (χ2v) is 3.38. The third kappa shape index (κ3) is 2.05. The highest BCUT2D eigenvalue weighted by molar-refractivity contribution is 5.92. The lowest BCUT2D eigenvalue weighted by molar-refractivity contribution is 0.0698. The number of benzene rings is 1. The monoisotopic (exact) mass is 233 g/mol. The van der Waals surface area contributed by atoms with E-state index < -0.39 is 5.97 Å². The zero-order valence-electron chi connectivity index (χ0n) is 9.12. The Hall–Kier alpha value is -2.50. The van der Waals surface area contributed by atoms with E-state index in [9.17, 15) is 4.79 Å². The number of hydrogen-bond acceptors (Lipinski definition) is 4. The van der Waals surface area contributed by atoms with Crippen molar-refractivity contribution in [3.05, 3.63) is 36.0 Å². The van der Waals surface area contributed by atoms with E-state index >= 15 is 0 Å². The van der Waals surface area contributed by atoms with Gasteiger partial charge >= 0.3 is 5.97 Å². The van der Waals surface area contributed by atoms with E-state index in [-0.39, 0.29) is 11.4 Å². The summed E-state index contributed by atoms with van der Waals surface area (Å²) in [6.45, 7) is 0. The molecule has 0 aliphatic heterocycles. The van der Waals surface area contributed by atoms with Crippen molar-refractivity contribution in [2.75, 3.05) is 12.8 Å². The zero-order chi connectivity index (χ0) is 12.4. The van der Waals surface area contributed by atoms with E-state index in [1.807, 2.05) is 0 Å². The lowest BCUT2D eigenvalue weighted by atomic mass is 10.3. The number of nitrogens with two attached hydrogens (primary N) is 1. The van der Waals surface area contributed by atoms with Gasteiger partial charge in [0.25, 0.3) is 0 Å². The van der Waals surface area contributed by atoms with Crippen LogP contribution in [0.1, 0.15) is 10.4 Å². The van der Waals surface area contributed by atoms with Gasteiger partial charge in [-0.25, -0.2) is 9.48 Å². The summed E-state index contributed by atoms with van der Waals surface area (Å²) in [5.41, 5.74) is 6.20. The summed E-state index contributed by atoms with van der Waals surface area (Å²) in [5, 5.41) is 12.8. The summed E-state index contributed by atoms with van der Waals surface area (Å²) in [6.07, 6.45) is 1.37. The minimum absolute atomic E-state index is 0.00619. The van der Waals surface area contributed by atoms with Crippen molar-refractivity contribution in [3.8, 4) is 11.4 Å². The van der Waals surface area contributed by atoms with Crippen LogP contribution < -0.4 is 10.5 Å². The number of rotatable bonds is 3. The summed E-state index contributed by atoms with van der Waals surface area (Å²) >= 11 is 0. The Labute approximate surface area is 97.2 Å². The molecule has 1 aromatic heterocycles. The van der Waals surface area contributed by atoms with Gasteiger partial charge in [-0.05, 0) is 24.3 Å². The Morgan fingerprint density at radius 2 is 2.06 bits per heavy atom. The van der Waals surface area contributed by atoms with Gasteiger partial charge in [0.1, 0.15) is 11.3 Å². The van der Waals surface area contributed by atoms with Crippen molar-refractivity contribution in [2.45, 2.75) is 0 Å². The summed E-state index contributed by atoms with van der Waals surface area (Å²) in [7, 11) is 1.57. The first kappa shape index (κ1) is 11.0. The molecule has 3 N–H and O–H groups in total. The lowest BCUT2D eigenvalue weighted by Crippen LogP contribution is -1.98. The Morgan fingerprint density at radius 1 is 1.41 bits per heavy atom. The van der Waals surface area contributed by atoms with Gasteiger partial charge in [0, 0.05) is 6.20 Å². The number of nitrogen functional groups attached to an aromatic ring is 1. The number of carboxylic acids is 1. The third-order valence-corrected chi connectivity index (χ3v) is 2.31. The number of ether oxygens (including phenoxy) is 1. The van der Waals surface area contributed by atoms with E-state index in [4.69, 9.17) is 15.6 Å². The van der Waals surface area contributed by atoms with E-state index in [0.29, 0.717) is 11.4 Å². The van der Waals surface area contributed by atoms with Crippen LogP contribution in [0.4, 0.5) is 5.82 Å². The van der Waals surface area contributed by atoms with Crippen LogP contribution in [0.15, 0.2) is 30.5 Å². The lowest BCUT2D eigenvalue weighted by Gasteiger charge is -2.02. The van der Waals surface area contributed by atoms with E-state index in [2.05, 4.69) is 5.10 Å². The van der Waals surface area contributed by atoms with Crippen LogP contribution in [0.2, 0.25) is 0 Å². The molecule has 0 amide bonds. The number of aromatic nitrogens is 2. The maximum absolute atomic E-state index is 10.8. The predicted octanol–water partition coefficient (Wildman–Crippen LogP) is 1.16. The van der Waals surface area contributed by atoms with Crippen LogP contribution in [0.5, 0.6) is 5.75 Å². The van der Waals surface area contributed by atoms with Crippen molar-refractivity contribution in [1.82, 2.24) is 9.78 Å². The molecule has 0 aliphatic carbocycles. The molecule has 88 valence electrons. The van der Waals surface area contributed by atoms with Gasteiger partial charge in [0.2, 0.25) is 0 Å². The highest BCUT2D eigenvalue weighted by Gasteiger charge is 2.13. The molecule has 0 fully saturated rings. The maximum Gasteiger partial charge on any atom is 0.341 e. The highest BCUT2D eigenvalue weighted by atomic mass is 16.5. The SMILES string of the molecule is COc1ccc(-n2cc(C(=O)O)c(N)n2)cc1. The molecule has 2 aromatic rings. The first-order valence-electron chi connectivity index (χ1n) is 4.84. The second kappa shape index (κ2) is 4.17. The number of anilines is 1. The highest BCUT2D eigenvalue weighted by Crippen LogP contribution is 2.17. The van der Waals surface area contributed by atoms with Gasteiger partial charge < -0.3 is 15.6 Å². The minimum atomic E-state index is -1.10. The average Bonchev–Trinajstić information content (AvgIpc) is 2.71. The van der Waals surface area contributed by atoms with Gasteiger partial charge in [-0.1, -0.05) is 0 Å². The van der Waals surface area contributed by atoms with Gasteiger partial charge in [-0.2, -0.15) is 0 Å². The van der Waals surface area contributed by atoms with Gasteiger partial charge in [-0.15, -0.1) is 5.10 Å². The molecule has 0 bridgehead atoms. The molecule has 0 saturated heterocycles. The summed E-state index contributed by atoms with van der Waals surface area (Å²) in [5.74, 6) is -0.386. The second-order valence-electron chi connectivity index (χ2n) is 3.38. The molecule has 17 heavy (non-hydrogen) atoms. The quantitative estimate of drug-likeness (QED) is 0.830. The number of carbonyl (C=O) groups is 1. The van der Waals surface area contributed by atoms with Gasteiger partial charge in [0.05, 0.1) is 12.8 Å². The van der Waals surface area contributed by atoms with E-state index in [1.54, 1.807) is 31.4 Å². The van der Waals surface area contributed by atoms with Crippen LogP contribution in [0.25, 0.3) is 5.69 Å². The normalized spacial score (nSPS) is 10.2. The van der Waals surface area contributed by atoms with E-state index in [1.165, 1.54) is 10.9 Å². The molecule has 1 aromatic carbocycles. The van der Waals surface area contributed by atoms with Crippen LogP contribution in [-0.4, -0.2) is 28.0 Å². The number of carboxylic acid groups (broad SMARTS) is 1. The van der Waals surface area contributed by atoms with Crippen molar-refractivity contribution in [2.24, 2.45) is 0 Å². The Kier molecular flexibility index (Phi) is 2.70. The van der Waals surface area contributed by atoms with Gasteiger partial charge in [0.15, 0.2) is 5.82 Å². The summed E-state index contributed by atoms with van der Waals surface area (Å²) in [6, 6.07) is 7.04. The molecule has 0 saturated carbocycles. The number of methoxy groups -OCH3 is 1. The average molecular weight is 233 g/mol. The van der Waals surface area contributed by atoms with Crippen molar-refractivity contribution in [3.63, 3.8) is 0 Å². The van der Waals surface area contributed by atoms with Crippen molar-refractivity contribution >= 4 is 11.8 Å².